The maximum Gasteiger partial charge on any atom is 0.327 e. The van der Waals surface area contributed by atoms with Gasteiger partial charge in [-0.15, -0.1) is 0 Å². The van der Waals surface area contributed by atoms with Crippen LogP contribution in [0.4, 0.5) is 4.79 Å². The van der Waals surface area contributed by atoms with Gasteiger partial charge in [0.05, 0.1) is 0 Å². The third-order valence-corrected chi connectivity index (χ3v) is 3.92. The smallest absolute Gasteiger partial charge is 0.327 e. The minimum atomic E-state index is -0.418. The van der Waals surface area contributed by atoms with Crippen LogP contribution in [0.25, 0.3) is 0 Å². The monoisotopic (exact) mass is 283 g/mol. The molecule has 2 fully saturated rings. The number of urea groups is 1. The fraction of sp³-hybridized carbons (Fsp3) is 0.769. The Hall–Kier alpha value is -1.63. The SMILES string of the molecule is CN1CC(=O)N(CC(=O)N(CCCO)C2CCC2)C1=O. The number of carbonyl (C=O) groups excluding carboxylic acids is 3. The number of carbonyl (C=O) groups is 3. The van der Waals surface area contributed by atoms with Crippen LogP contribution in [0.1, 0.15) is 25.7 Å². The Morgan fingerprint density at radius 1 is 1.40 bits per heavy atom. The molecule has 1 saturated heterocycles. The Morgan fingerprint density at radius 3 is 2.55 bits per heavy atom. The molecule has 2 aliphatic rings. The van der Waals surface area contributed by atoms with Gasteiger partial charge in [0.15, 0.2) is 0 Å². The van der Waals surface area contributed by atoms with E-state index in [1.165, 1.54) is 4.90 Å². The molecular weight excluding hydrogens is 262 g/mol. The molecule has 2 rings (SSSR count). The van der Waals surface area contributed by atoms with Crippen molar-refractivity contribution in [3.8, 4) is 0 Å². The van der Waals surface area contributed by atoms with E-state index in [2.05, 4.69) is 0 Å². The van der Waals surface area contributed by atoms with Crippen molar-refractivity contribution in [1.82, 2.24) is 14.7 Å². The summed E-state index contributed by atoms with van der Waals surface area (Å²) in [7, 11) is 1.54. The summed E-state index contributed by atoms with van der Waals surface area (Å²) in [5.74, 6) is -0.540. The molecule has 1 aliphatic carbocycles. The van der Waals surface area contributed by atoms with Crippen LogP contribution in [0.15, 0.2) is 0 Å². The van der Waals surface area contributed by atoms with Gasteiger partial charge in [-0.25, -0.2) is 4.79 Å². The Kier molecular flexibility index (Phi) is 4.59. The first-order valence-corrected chi connectivity index (χ1v) is 7.00. The van der Waals surface area contributed by atoms with Gasteiger partial charge >= 0.3 is 6.03 Å². The normalized spacial score (nSPS) is 19.5. The molecule has 7 heteroatoms. The molecule has 0 radical (unpaired) electrons. The highest BCUT2D eigenvalue weighted by Crippen LogP contribution is 2.25. The van der Waals surface area contributed by atoms with Gasteiger partial charge in [0.2, 0.25) is 5.91 Å². The van der Waals surface area contributed by atoms with Crippen LogP contribution in [-0.2, 0) is 9.59 Å². The first kappa shape index (κ1) is 14.8. The fourth-order valence-electron chi connectivity index (χ4n) is 2.50. The highest BCUT2D eigenvalue weighted by atomic mass is 16.3. The zero-order chi connectivity index (χ0) is 14.7. The van der Waals surface area contributed by atoms with Crippen LogP contribution in [0.2, 0.25) is 0 Å². The maximum absolute atomic E-state index is 12.3. The van der Waals surface area contributed by atoms with Gasteiger partial charge in [-0.3, -0.25) is 14.5 Å². The highest BCUT2D eigenvalue weighted by Gasteiger charge is 2.37. The average molecular weight is 283 g/mol. The summed E-state index contributed by atoms with van der Waals surface area (Å²) in [6.45, 7) is 0.350. The molecule has 1 heterocycles. The number of amides is 4. The minimum absolute atomic E-state index is 0.0286. The molecule has 0 aromatic carbocycles. The van der Waals surface area contributed by atoms with Gasteiger partial charge in [-0.2, -0.15) is 0 Å². The van der Waals surface area contributed by atoms with E-state index in [-0.39, 0.29) is 37.6 Å². The van der Waals surface area contributed by atoms with Gasteiger partial charge in [0, 0.05) is 26.2 Å². The van der Waals surface area contributed by atoms with Crippen LogP contribution in [0.3, 0.4) is 0 Å². The van der Waals surface area contributed by atoms with E-state index in [0.29, 0.717) is 13.0 Å². The number of hydrogen-bond acceptors (Lipinski definition) is 4. The highest BCUT2D eigenvalue weighted by molar-refractivity contribution is 6.04. The molecular formula is C13H21N3O4. The number of likely N-dealkylation sites (N-methyl/N-ethyl adjacent to an activating group) is 1. The number of nitrogens with zero attached hydrogens (tertiary/aromatic N) is 3. The zero-order valence-corrected chi connectivity index (χ0v) is 11.7. The summed E-state index contributed by atoms with van der Waals surface area (Å²) in [6, 6.07) is -0.223. The molecule has 0 bridgehead atoms. The van der Waals surface area contributed by atoms with E-state index >= 15 is 0 Å². The zero-order valence-electron chi connectivity index (χ0n) is 11.7. The van der Waals surface area contributed by atoms with Gasteiger partial charge in [-0.1, -0.05) is 0 Å². The van der Waals surface area contributed by atoms with Crippen molar-refractivity contribution in [1.29, 1.82) is 0 Å². The van der Waals surface area contributed by atoms with Crippen LogP contribution in [0, 0.1) is 0 Å². The molecule has 0 aromatic rings. The van der Waals surface area contributed by atoms with Gasteiger partial charge < -0.3 is 14.9 Å². The second-order valence-electron chi connectivity index (χ2n) is 5.37. The molecule has 0 aromatic heterocycles. The summed E-state index contributed by atoms with van der Waals surface area (Å²) in [4.78, 5) is 39.8. The van der Waals surface area contributed by atoms with Crippen LogP contribution < -0.4 is 0 Å². The fourth-order valence-corrected chi connectivity index (χ4v) is 2.50. The molecule has 4 amide bonds. The number of aliphatic hydroxyl groups excluding tert-OH is 1. The first-order chi connectivity index (χ1) is 9.54. The Labute approximate surface area is 118 Å². The second kappa shape index (κ2) is 6.21. The molecule has 7 nitrogen and oxygen atoms in total. The minimum Gasteiger partial charge on any atom is -0.396 e. The van der Waals surface area contributed by atoms with Crippen molar-refractivity contribution in [2.45, 2.75) is 31.7 Å². The summed E-state index contributed by atoms with van der Waals surface area (Å²) < 4.78 is 0. The van der Waals surface area contributed by atoms with Crippen molar-refractivity contribution >= 4 is 17.8 Å². The largest absolute Gasteiger partial charge is 0.396 e. The quantitative estimate of drug-likeness (QED) is 0.675. The average Bonchev–Trinajstić information content (AvgIpc) is 2.58. The summed E-state index contributed by atoms with van der Waals surface area (Å²) in [6.07, 6.45) is 3.53. The molecule has 1 N–H and O–H groups in total. The van der Waals surface area contributed by atoms with Crippen LogP contribution in [0.5, 0.6) is 0 Å². The molecule has 1 saturated carbocycles. The Morgan fingerprint density at radius 2 is 2.10 bits per heavy atom. The molecule has 0 spiro atoms. The van der Waals surface area contributed by atoms with E-state index in [0.717, 1.165) is 24.2 Å². The number of rotatable bonds is 6. The van der Waals surface area contributed by atoms with Crippen LogP contribution >= 0.6 is 0 Å². The van der Waals surface area contributed by atoms with E-state index in [1.54, 1.807) is 11.9 Å². The molecule has 20 heavy (non-hydrogen) atoms. The number of aliphatic hydroxyl groups is 1. The second-order valence-corrected chi connectivity index (χ2v) is 5.37. The lowest BCUT2D eigenvalue weighted by Gasteiger charge is -2.38. The van der Waals surface area contributed by atoms with Crippen LogP contribution in [-0.4, -0.2) is 77.0 Å². The standard InChI is InChI=1S/C13H21N3O4/c1-14-8-11(18)16(13(14)20)9-12(19)15(6-3-7-17)10-4-2-5-10/h10,17H,2-9H2,1H3. The molecule has 112 valence electrons. The Bertz CT molecular complexity index is 408. The first-order valence-electron chi connectivity index (χ1n) is 7.00. The van der Waals surface area contributed by atoms with E-state index in [4.69, 9.17) is 5.11 Å². The van der Waals surface area contributed by atoms with Gasteiger partial charge in [0.25, 0.3) is 5.91 Å². The third kappa shape index (κ3) is 2.92. The Balaban J connectivity index is 1.97. The molecule has 1 aliphatic heterocycles. The third-order valence-electron chi connectivity index (χ3n) is 3.92. The van der Waals surface area contributed by atoms with Gasteiger partial charge in [0.1, 0.15) is 13.1 Å². The predicted octanol–water partition coefficient (Wildman–Crippen LogP) is -0.356. The summed E-state index contributed by atoms with van der Waals surface area (Å²) in [5, 5.41) is 8.91. The maximum atomic E-state index is 12.3. The lowest BCUT2D eigenvalue weighted by molar-refractivity contribution is -0.139. The van der Waals surface area contributed by atoms with Crippen molar-refractivity contribution < 1.29 is 19.5 Å². The van der Waals surface area contributed by atoms with E-state index in [9.17, 15) is 14.4 Å². The molecule has 0 atom stereocenters. The van der Waals surface area contributed by atoms with E-state index in [1.807, 2.05) is 0 Å². The lowest BCUT2D eigenvalue weighted by atomic mass is 9.91. The van der Waals surface area contributed by atoms with Crippen molar-refractivity contribution in [2.24, 2.45) is 0 Å². The molecule has 0 unspecified atom stereocenters. The van der Waals surface area contributed by atoms with Crippen molar-refractivity contribution in [3.05, 3.63) is 0 Å². The lowest BCUT2D eigenvalue weighted by Crippen LogP contribution is -2.50. The topological polar surface area (TPSA) is 81.2 Å². The van der Waals surface area contributed by atoms with E-state index < -0.39 is 6.03 Å². The summed E-state index contributed by atoms with van der Waals surface area (Å²) in [5.41, 5.74) is 0. The van der Waals surface area contributed by atoms with Crippen molar-refractivity contribution in [2.75, 3.05) is 33.3 Å². The number of hydrogen-bond donors (Lipinski definition) is 1. The van der Waals surface area contributed by atoms with Crippen molar-refractivity contribution in [3.63, 3.8) is 0 Å². The number of imide groups is 1. The summed E-state index contributed by atoms with van der Waals surface area (Å²) >= 11 is 0. The van der Waals surface area contributed by atoms with Gasteiger partial charge in [-0.05, 0) is 25.7 Å². The predicted molar refractivity (Wildman–Crippen MR) is 70.8 cm³/mol.